The van der Waals surface area contributed by atoms with Crippen LogP contribution in [0.1, 0.15) is 35.0 Å². The van der Waals surface area contributed by atoms with E-state index in [1.807, 2.05) is 11.8 Å². The SMILES string of the molecule is CCOC(=O)c1sc2ncnc(N3CCCC3C(=O)N(C)C)c2c1C. The Balaban J connectivity index is 2.08. The van der Waals surface area contributed by atoms with Gasteiger partial charge in [0.15, 0.2) is 0 Å². The highest BCUT2D eigenvalue weighted by molar-refractivity contribution is 7.20. The average molecular weight is 362 g/mol. The number of aromatic nitrogens is 2. The molecule has 0 aliphatic carbocycles. The van der Waals surface area contributed by atoms with E-state index in [4.69, 9.17) is 4.74 Å². The minimum Gasteiger partial charge on any atom is -0.462 e. The topological polar surface area (TPSA) is 75.6 Å². The van der Waals surface area contributed by atoms with Gasteiger partial charge in [0.1, 0.15) is 27.9 Å². The number of amides is 1. The first-order chi connectivity index (χ1) is 12.0. The molecule has 3 heterocycles. The van der Waals surface area contributed by atoms with Gasteiger partial charge >= 0.3 is 5.97 Å². The van der Waals surface area contributed by atoms with Crippen molar-refractivity contribution in [1.82, 2.24) is 14.9 Å². The molecule has 2 aromatic heterocycles. The van der Waals surface area contributed by atoms with Crippen LogP contribution in [0.25, 0.3) is 10.2 Å². The Kier molecular flexibility index (Phi) is 4.89. The van der Waals surface area contributed by atoms with Crippen molar-refractivity contribution < 1.29 is 14.3 Å². The van der Waals surface area contributed by atoms with Gasteiger partial charge in [-0.1, -0.05) is 0 Å². The summed E-state index contributed by atoms with van der Waals surface area (Å²) in [5.41, 5.74) is 0.817. The third-order valence-electron chi connectivity index (χ3n) is 4.42. The van der Waals surface area contributed by atoms with E-state index in [9.17, 15) is 9.59 Å². The maximum atomic E-state index is 12.5. The molecule has 0 bridgehead atoms. The number of hydrogen-bond donors (Lipinski definition) is 0. The minimum atomic E-state index is -0.337. The minimum absolute atomic E-state index is 0.0720. The van der Waals surface area contributed by atoms with Gasteiger partial charge in [0.05, 0.1) is 12.0 Å². The zero-order chi connectivity index (χ0) is 18.1. The molecular weight excluding hydrogens is 340 g/mol. The molecule has 0 saturated carbocycles. The number of nitrogens with zero attached hydrogens (tertiary/aromatic N) is 4. The smallest absolute Gasteiger partial charge is 0.348 e. The molecule has 8 heteroatoms. The third kappa shape index (κ3) is 3.06. The molecule has 2 aromatic rings. The fourth-order valence-electron chi connectivity index (χ4n) is 3.24. The predicted molar refractivity (Wildman–Crippen MR) is 97.2 cm³/mol. The molecule has 0 radical (unpaired) electrons. The van der Waals surface area contributed by atoms with E-state index in [-0.39, 0.29) is 17.9 Å². The lowest BCUT2D eigenvalue weighted by molar-refractivity contribution is -0.129. The number of anilines is 1. The summed E-state index contributed by atoms with van der Waals surface area (Å²) >= 11 is 1.31. The van der Waals surface area contributed by atoms with Crippen LogP contribution in [0, 0.1) is 6.92 Å². The average Bonchev–Trinajstić information content (AvgIpc) is 3.19. The standard InChI is InChI=1S/C17H22N4O3S/c1-5-24-17(23)13-10(2)12-14(18-9-19-15(12)25-13)21-8-6-7-11(21)16(22)20(3)4/h9,11H,5-8H2,1-4H3. The van der Waals surface area contributed by atoms with Crippen molar-refractivity contribution in [2.45, 2.75) is 32.7 Å². The molecule has 1 fully saturated rings. The zero-order valence-electron chi connectivity index (χ0n) is 14.9. The summed E-state index contributed by atoms with van der Waals surface area (Å²) in [5, 5.41) is 0.842. The van der Waals surface area contributed by atoms with E-state index < -0.39 is 0 Å². The Bertz CT molecular complexity index is 818. The van der Waals surface area contributed by atoms with Gasteiger partial charge in [0.25, 0.3) is 0 Å². The predicted octanol–water partition coefficient (Wildman–Crippen LogP) is 2.23. The van der Waals surface area contributed by atoms with Crippen LogP contribution in [0.4, 0.5) is 5.82 Å². The molecule has 1 aliphatic rings. The van der Waals surface area contributed by atoms with Crippen molar-refractivity contribution in [3.05, 3.63) is 16.8 Å². The summed E-state index contributed by atoms with van der Waals surface area (Å²) in [6.07, 6.45) is 3.23. The lowest BCUT2D eigenvalue weighted by atomic mass is 10.1. The highest BCUT2D eigenvalue weighted by Gasteiger charge is 2.34. The molecule has 7 nitrogen and oxygen atoms in total. The van der Waals surface area contributed by atoms with Crippen molar-refractivity contribution in [3.63, 3.8) is 0 Å². The number of ether oxygens (including phenoxy) is 1. The van der Waals surface area contributed by atoms with E-state index in [0.29, 0.717) is 11.5 Å². The summed E-state index contributed by atoms with van der Waals surface area (Å²) in [6.45, 7) is 4.77. The number of esters is 1. The van der Waals surface area contributed by atoms with Crippen molar-refractivity contribution in [3.8, 4) is 0 Å². The van der Waals surface area contributed by atoms with Crippen LogP contribution in [0.15, 0.2) is 6.33 Å². The first kappa shape index (κ1) is 17.6. The van der Waals surface area contributed by atoms with Crippen LogP contribution in [-0.2, 0) is 9.53 Å². The lowest BCUT2D eigenvalue weighted by Gasteiger charge is -2.27. The Labute approximate surface area is 150 Å². The summed E-state index contributed by atoms with van der Waals surface area (Å²) in [4.78, 5) is 38.4. The molecule has 25 heavy (non-hydrogen) atoms. The zero-order valence-corrected chi connectivity index (χ0v) is 15.7. The fourth-order valence-corrected chi connectivity index (χ4v) is 4.27. The summed E-state index contributed by atoms with van der Waals surface area (Å²) in [6, 6.07) is -0.224. The van der Waals surface area contributed by atoms with Gasteiger partial charge in [-0.3, -0.25) is 4.79 Å². The Hall–Kier alpha value is -2.22. The maximum absolute atomic E-state index is 12.5. The molecule has 0 aromatic carbocycles. The van der Waals surface area contributed by atoms with Crippen molar-refractivity contribution in [2.75, 3.05) is 32.1 Å². The van der Waals surface area contributed by atoms with Crippen molar-refractivity contribution in [1.29, 1.82) is 0 Å². The molecule has 0 N–H and O–H groups in total. The molecule has 134 valence electrons. The first-order valence-corrected chi connectivity index (χ1v) is 9.16. The lowest BCUT2D eigenvalue weighted by Crippen LogP contribution is -2.43. The Morgan fingerprint density at radius 1 is 1.40 bits per heavy atom. The van der Waals surface area contributed by atoms with Gasteiger partial charge in [-0.15, -0.1) is 11.3 Å². The number of thiophene rings is 1. The van der Waals surface area contributed by atoms with Crippen LogP contribution in [0.5, 0.6) is 0 Å². The number of hydrogen-bond acceptors (Lipinski definition) is 7. The monoisotopic (exact) mass is 362 g/mol. The summed E-state index contributed by atoms with van der Waals surface area (Å²) in [5.74, 6) is 0.464. The highest BCUT2D eigenvalue weighted by Crippen LogP contribution is 2.37. The number of carbonyl (C=O) groups excluding carboxylic acids is 2. The fraction of sp³-hybridized carbons (Fsp3) is 0.529. The molecular formula is C17H22N4O3S. The van der Waals surface area contributed by atoms with Gasteiger partial charge < -0.3 is 14.5 Å². The second-order valence-corrected chi connectivity index (χ2v) is 7.24. The molecule has 1 unspecified atom stereocenters. The van der Waals surface area contributed by atoms with Crippen LogP contribution in [0.3, 0.4) is 0 Å². The first-order valence-electron chi connectivity index (χ1n) is 8.34. The number of aryl methyl sites for hydroxylation is 1. The third-order valence-corrected chi connectivity index (χ3v) is 5.60. The van der Waals surface area contributed by atoms with Gasteiger partial charge in [-0.05, 0) is 32.3 Å². The number of fused-ring (bicyclic) bond motifs is 1. The largest absolute Gasteiger partial charge is 0.462 e. The van der Waals surface area contributed by atoms with E-state index in [1.54, 1.807) is 25.9 Å². The van der Waals surface area contributed by atoms with Crippen LogP contribution in [-0.4, -0.2) is 60.0 Å². The second kappa shape index (κ2) is 6.95. The van der Waals surface area contributed by atoms with Crippen LogP contribution < -0.4 is 4.90 Å². The summed E-state index contributed by atoms with van der Waals surface area (Å²) in [7, 11) is 3.53. The molecule has 1 atom stereocenters. The normalized spacial score (nSPS) is 17.1. The van der Waals surface area contributed by atoms with Gasteiger partial charge in [-0.25, -0.2) is 14.8 Å². The Morgan fingerprint density at radius 3 is 2.84 bits per heavy atom. The molecule has 1 saturated heterocycles. The molecule has 3 rings (SSSR count). The Morgan fingerprint density at radius 2 is 2.16 bits per heavy atom. The molecule has 1 amide bonds. The van der Waals surface area contributed by atoms with Gasteiger partial charge in [-0.2, -0.15) is 0 Å². The van der Waals surface area contributed by atoms with E-state index in [0.717, 1.165) is 41.0 Å². The summed E-state index contributed by atoms with van der Waals surface area (Å²) < 4.78 is 5.14. The molecule has 1 aliphatic heterocycles. The number of carbonyl (C=O) groups is 2. The van der Waals surface area contributed by atoms with Crippen molar-refractivity contribution in [2.24, 2.45) is 0 Å². The number of likely N-dealkylation sites (N-methyl/N-ethyl adjacent to an activating group) is 1. The van der Waals surface area contributed by atoms with Gasteiger partial charge in [0.2, 0.25) is 5.91 Å². The highest BCUT2D eigenvalue weighted by atomic mass is 32.1. The maximum Gasteiger partial charge on any atom is 0.348 e. The van der Waals surface area contributed by atoms with E-state index >= 15 is 0 Å². The second-order valence-electron chi connectivity index (χ2n) is 6.24. The van der Waals surface area contributed by atoms with Crippen LogP contribution in [0.2, 0.25) is 0 Å². The molecule has 0 spiro atoms. The van der Waals surface area contributed by atoms with Gasteiger partial charge in [0, 0.05) is 20.6 Å². The van der Waals surface area contributed by atoms with E-state index in [2.05, 4.69) is 9.97 Å². The number of rotatable bonds is 4. The van der Waals surface area contributed by atoms with Crippen molar-refractivity contribution >= 4 is 39.2 Å². The quantitative estimate of drug-likeness (QED) is 0.777. The van der Waals surface area contributed by atoms with E-state index in [1.165, 1.54) is 17.7 Å². The van der Waals surface area contributed by atoms with Crippen LogP contribution >= 0.6 is 11.3 Å².